The van der Waals surface area contributed by atoms with Gasteiger partial charge in [0.15, 0.2) is 0 Å². The highest BCUT2D eigenvalue weighted by atomic mass is 15.3. The number of rotatable bonds is 2. The molecule has 1 aromatic rings. The Balaban J connectivity index is 2.11. The summed E-state index contributed by atoms with van der Waals surface area (Å²) < 4.78 is 2.13. The number of aromatic nitrogens is 2. The van der Waals surface area contributed by atoms with E-state index in [0.717, 1.165) is 12.5 Å². The smallest absolute Gasteiger partial charge is 0.0521 e. The molecule has 0 N–H and O–H groups in total. The van der Waals surface area contributed by atoms with Crippen molar-refractivity contribution in [3.05, 3.63) is 18.0 Å². The predicted octanol–water partition coefficient (Wildman–Crippen LogP) is 2.17. The molecule has 0 unspecified atom stereocenters. The van der Waals surface area contributed by atoms with E-state index in [9.17, 15) is 0 Å². The normalized spacial score (nSPS) is 18.3. The second-order valence-electron chi connectivity index (χ2n) is 3.27. The molecule has 2 heteroatoms. The molecule has 0 amide bonds. The second kappa shape index (κ2) is 2.68. The molecule has 2 nitrogen and oxygen atoms in total. The number of hydrogen-bond acceptors (Lipinski definition) is 1. The van der Waals surface area contributed by atoms with Crippen molar-refractivity contribution in [2.45, 2.75) is 38.6 Å². The zero-order valence-corrected chi connectivity index (χ0v) is 6.95. The molecule has 11 heavy (non-hydrogen) atoms. The van der Waals surface area contributed by atoms with Gasteiger partial charge in [-0.3, -0.25) is 4.68 Å². The Hall–Kier alpha value is -0.790. The summed E-state index contributed by atoms with van der Waals surface area (Å²) in [5, 5.41) is 4.33. The molecule has 2 rings (SSSR count). The molecule has 0 saturated heterocycles. The molecule has 60 valence electrons. The quantitative estimate of drug-likeness (QED) is 0.631. The van der Waals surface area contributed by atoms with Gasteiger partial charge in [0.25, 0.3) is 0 Å². The second-order valence-corrected chi connectivity index (χ2v) is 3.27. The van der Waals surface area contributed by atoms with E-state index in [1.165, 1.54) is 24.8 Å². The Morgan fingerprint density at radius 1 is 1.64 bits per heavy atom. The molecule has 1 fully saturated rings. The number of aryl methyl sites for hydroxylation is 1. The van der Waals surface area contributed by atoms with Crippen LogP contribution in [0.5, 0.6) is 0 Å². The summed E-state index contributed by atoms with van der Waals surface area (Å²) in [5.41, 5.74) is 1.36. The van der Waals surface area contributed by atoms with E-state index in [1.807, 2.05) is 6.20 Å². The summed E-state index contributed by atoms with van der Waals surface area (Å²) in [4.78, 5) is 0. The highest BCUT2D eigenvalue weighted by Crippen LogP contribution is 2.30. The van der Waals surface area contributed by atoms with Gasteiger partial charge in [0.1, 0.15) is 0 Å². The first-order chi connectivity index (χ1) is 5.40. The predicted molar refractivity (Wildman–Crippen MR) is 44.5 cm³/mol. The Bertz CT molecular complexity index is 235. The van der Waals surface area contributed by atoms with Gasteiger partial charge in [-0.05, 0) is 31.2 Å². The topological polar surface area (TPSA) is 17.8 Å². The van der Waals surface area contributed by atoms with Crippen LogP contribution in [0.15, 0.2) is 12.4 Å². The highest BCUT2D eigenvalue weighted by molar-refractivity contribution is 5.04. The fraction of sp³-hybridized carbons (Fsp3) is 0.667. The minimum Gasteiger partial charge on any atom is -0.269 e. The fourth-order valence-electron chi connectivity index (χ4n) is 1.41. The van der Waals surface area contributed by atoms with Crippen LogP contribution in [0.25, 0.3) is 0 Å². The van der Waals surface area contributed by atoms with Crippen LogP contribution in [-0.4, -0.2) is 9.78 Å². The average Bonchev–Trinajstić information content (AvgIpc) is 2.32. The Labute approximate surface area is 67.2 Å². The molecule has 1 heterocycles. The summed E-state index contributed by atoms with van der Waals surface area (Å²) in [7, 11) is 0. The monoisotopic (exact) mass is 150 g/mol. The van der Waals surface area contributed by atoms with E-state index in [2.05, 4.69) is 22.9 Å². The van der Waals surface area contributed by atoms with Crippen LogP contribution >= 0.6 is 0 Å². The van der Waals surface area contributed by atoms with Gasteiger partial charge in [-0.15, -0.1) is 0 Å². The van der Waals surface area contributed by atoms with Crippen LogP contribution in [0.4, 0.5) is 0 Å². The van der Waals surface area contributed by atoms with Crippen molar-refractivity contribution >= 4 is 0 Å². The van der Waals surface area contributed by atoms with Crippen molar-refractivity contribution in [1.82, 2.24) is 9.78 Å². The van der Waals surface area contributed by atoms with Crippen LogP contribution in [0.2, 0.25) is 0 Å². The molecule has 0 bridgehead atoms. The van der Waals surface area contributed by atoms with Crippen molar-refractivity contribution < 1.29 is 0 Å². The first kappa shape index (κ1) is 6.89. The van der Waals surface area contributed by atoms with Gasteiger partial charge in [0, 0.05) is 6.20 Å². The van der Waals surface area contributed by atoms with E-state index >= 15 is 0 Å². The van der Waals surface area contributed by atoms with Crippen LogP contribution in [-0.2, 0) is 6.42 Å². The third-order valence-corrected chi connectivity index (χ3v) is 2.51. The van der Waals surface area contributed by atoms with Crippen LogP contribution in [0, 0.1) is 0 Å². The lowest BCUT2D eigenvalue weighted by molar-refractivity contribution is 0.289. The van der Waals surface area contributed by atoms with Crippen molar-refractivity contribution in [3.63, 3.8) is 0 Å². The van der Waals surface area contributed by atoms with E-state index in [1.54, 1.807) is 0 Å². The molecule has 1 aromatic heterocycles. The molecule has 0 atom stereocenters. The third-order valence-electron chi connectivity index (χ3n) is 2.51. The molecule has 0 radical (unpaired) electrons. The van der Waals surface area contributed by atoms with E-state index < -0.39 is 0 Å². The zero-order chi connectivity index (χ0) is 7.68. The van der Waals surface area contributed by atoms with Crippen molar-refractivity contribution in [2.75, 3.05) is 0 Å². The lowest BCUT2D eigenvalue weighted by Crippen LogP contribution is -2.16. The maximum Gasteiger partial charge on any atom is 0.0521 e. The fourth-order valence-corrected chi connectivity index (χ4v) is 1.41. The SMILES string of the molecule is CCc1cnn(C2CCC2)c1. The minimum atomic E-state index is 0.718. The lowest BCUT2D eigenvalue weighted by Gasteiger charge is -2.25. The number of nitrogens with zero attached hydrogens (tertiary/aromatic N) is 2. The highest BCUT2D eigenvalue weighted by Gasteiger charge is 2.19. The van der Waals surface area contributed by atoms with Crippen molar-refractivity contribution in [3.8, 4) is 0 Å². The summed E-state index contributed by atoms with van der Waals surface area (Å²) in [6.45, 7) is 2.17. The molecule has 1 aliphatic carbocycles. The van der Waals surface area contributed by atoms with Gasteiger partial charge in [-0.1, -0.05) is 6.92 Å². The Morgan fingerprint density at radius 2 is 2.45 bits per heavy atom. The summed E-state index contributed by atoms with van der Waals surface area (Å²) in [6.07, 6.45) is 9.30. The third kappa shape index (κ3) is 1.17. The average molecular weight is 150 g/mol. The van der Waals surface area contributed by atoms with Gasteiger partial charge in [0.2, 0.25) is 0 Å². The molecule has 0 aliphatic heterocycles. The number of hydrogen-bond donors (Lipinski definition) is 0. The maximum atomic E-state index is 4.33. The van der Waals surface area contributed by atoms with Crippen molar-refractivity contribution in [2.24, 2.45) is 0 Å². The largest absolute Gasteiger partial charge is 0.269 e. The molecular weight excluding hydrogens is 136 g/mol. The standard InChI is InChI=1S/C9H14N2/c1-2-8-6-10-11(7-8)9-4-3-5-9/h6-7,9H,2-5H2,1H3. The van der Waals surface area contributed by atoms with Gasteiger partial charge in [-0.2, -0.15) is 5.10 Å². The Kier molecular flexibility index (Phi) is 1.68. The summed E-state index contributed by atoms with van der Waals surface area (Å²) in [6, 6.07) is 0.718. The van der Waals surface area contributed by atoms with E-state index in [0.29, 0.717) is 0 Å². The maximum absolute atomic E-state index is 4.33. The zero-order valence-electron chi connectivity index (χ0n) is 6.95. The minimum absolute atomic E-state index is 0.718. The molecule has 1 saturated carbocycles. The molecule has 0 aromatic carbocycles. The van der Waals surface area contributed by atoms with Gasteiger partial charge < -0.3 is 0 Å². The van der Waals surface area contributed by atoms with Crippen LogP contribution in [0.3, 0.4) is 0 Å². The lowest BCUT2D eigenvalue weighted by atomic mass is 9.93. The first-order valence-corrected chi connectivity index (χ1v) is 4.43. The first-order valence-electron chi connectivity index (χ1n) is 4.43. The van der Waals surface area contributed by atoms with Gasteiger partial charge in [0.05, 0.1) is 12.2 Å². The molecule has 1 aliphatic rings. The van der Waals surface area contributed by atoms with Crippen LogP contribution in [0.1, 0.15) is 37.8 Å². The summed E-state index contributed by atoms with van der Waals surface area (Å²) >= 11 is 0. The van der Waals surface area contributed by atoms with Gasteiger partial charge in [-0.25, -0.2) is 0 Å². The van der Waals surface area contributed by atoms with E-state index in [4.69, 9.17) is 0 Å². The van der Waals surface area contributed by atoms with Crippen molar-refractivity contribution in [1.29, 1.82) is 0 Å². The summed E-state index contributed by atoms with van der Waals surface area (Å²) in [5.74, 6) is 0. The molecule has 0 spiro atoms. The molecular formula is C9H14N2. The Morgan fingerprint density at radius 3 is 2.91 bits per heavy atom. The van der Waals surface area contributed by atoms with Crippen LogP contribution < -0.4 is 0 Å². The van der Waals surface area contributed by atoms with Gasteiger partial charge >= 0.3 is 0 Å². The van der Waals surface area contributed by atoms with E-state index in [-0.39, 0.29) is 0 Å².